The smallest absolute Gasteiger partial charge is 0.0459 e. The van der Waals surface area contributed by atoms with Gasteiger partial charge in [-0.15, -0.1) is 0 Å². The van der Waals surface area contributed by atoms with Crippen molar-refractivity contribution in [3.8, 4) is 0 Å². The molecular weight excluding hydrogens is 138 g/mol. The van der Waals surface area contributed by atoms with Gasteiger partial charge in [0.25, 0.3) is 0 Å². The summed E-state index contributed by atoms with van der Waals surface area (Å²) in [6.45, 7) is 1.58. The number of nitrogens with zero attached hydrogens (tertiary/aromatic N) is 1. The minimum absolute atomic E-state index is 0.393. The van der Waals surface area contributed by atoms with Crippen LogP contribution >= 0.6 is 0 Å². The second kappa shape index (κ2) is 4.07. The molecule has 1 aliphatic carbocycles. The standard InChI is InChI=1S/C9H19NO/c1-10(2)6-8-3-4-9(5-8)7-11/h8-9,11H,3-7H2,1-2H3/t8-,9+/m1/s1. The second-order valence-corrected chi connectivity index (χ2v) is 3.99. The molecule has 1 N–H and O–H groups in total. The van der Waals surface area contributed by atoms with Crippen LogP contribution in [-0.4, -0.2) is 37.3 Å². The lowest BCUT2D eigenvalue weighted by Crippen LogP contribution is -2.20. The first-order valence-electron chi connectivity index (χ1n) is 4.48. The summed E-state index contributed by atoms with van der Waals surface area (Å²) in [5, 5.41) is 8.90. The highest BCUT2D eigenvalue weighted by Gasteiger charge is 2.23. The van der Waals surface area contributed by atoms with Crippen LogP contribution in [0.15, 0.2) is 0 Å². The summed E-state index contributed by atoms with van der Waals surface area (Å²) >= 11 is 0. The fourth-order valence-electron chi connectivity index (χ4n) is 2.03. The van der Waals surface area contributed by atoms with E-state index in [0.29, 0.717) is 12.5 Å². The molecule has 0 aromatic heterocycles. The van der Waals surface area contributed by atoms with Gasteiger partial charge in [-0.05, 0) is 45.2 Å². The van der Waals surface area contributed by atoms with E-state index in [2.05, 4.69) is 19.0 Å². The van der Waals surface area contributed by atoms with Crippen LogP contribution in [0.3, 0.4) is 0 Å². The lowest BCUT2D eigenvalue weighted by atomic mass is 10.1. The average molecular weight is 157 g/mol. The van der Waals surface area contributed by atoms with Gasteiger partial charge in [0.15, 0.2) is 0 Å². The predicted molar refractivity (Wildman–Crippen MR) is 46.5 cm³/mol. The lowest BCUT2D eigenvalue weighted by molar-refractivity contribution is 0.222. The largest absolute Gasteiger partial charge is 0.396 e. The van der Waals surface area contributed by atoms with Crippen LogP contribution in [0, 0.1) is 11.8 Å². The Morgan fingerprint density at radius 1 is 1.27 bits per heavy atom. The van der Waals surface area contributed by atoms with Crippen molar-refractivity contribution in [2.45, 2.75) is 19.3 Å². The van der Waals surface area contributed by atoms with Crippen LogP contribution in [-0.2, 0) is 0 Å². The SMILES string of the molecule is CN(C)C[C@@H]1CC[C@H](CO)C1. The summed E-state index contributed by atoms with van der Waals surface area (Å²) in [4.78, 5) is 2.24. The summed E-state index contributed by atoms with van der Waals surface area (Å²) < 4.78 is 0. The Kier molecular flexibility index (Phi) is 3.34. The minimum atomic E-state index is 0.393. The molecule has 66 valence electrons. The van der Waals surface area contributed by atoms with Crippen LogP contribution in [0.5, 0.6) is 0 Å². The fraction of sp³-hybridized carbons (Fsp3) is 1.00. The van der Waals surface area contributed by atoms with Crippen molar-refractivity contribution in [1.82, 2.24) is 4.90 Å². The Morgan fingerprint density at radius 2 is 1.91 bits per heavy atom. The second-order valence-electron chi connectivity index (χ2n) is 3.99. The molecule has 0 radical (unpaired) electrons. The zero-order valence-corrected chi connectivity index (χ0v) is 7.58. The minimum Gasteiger partial charge on any atom is -0.396 e. The molecule has 1 saturated carbocycles. The van der Waals surface area contributed by atoms with E-state index in [1.807, 2.05) is 0 Å². The van der Waals surface area contributed by atoms with E-state index in [9.17, 15) is 0 Å². The lowest BCUT2D eigenvalue weighted by Gasteiger charge is -2.15. The molecule has 0 aliphatic heterocycles. The molecule has 1 rings (SSSR count). The van der Waals surface area contributed by atoms with Gasteiger partial charge >= 0.3 is 0 Å². The van der Waals surface area contributed by atoms with E-state index in [-0.39, 0.29) is 0 Å². The first kappa shape index (κ1) is 9.01. The average Bonchev–Trinajstić information content (AvgIpc) is 2.34. The van der Waals surface area contributed by atoms with Gasteiger partial charge in [0, 0.05) is 13.2 Å². The third-order valence-electron chi connectivity index (χ3n) is 2.53. The van der Waals surface area contributed by atoms with Crippen LogP contribution in [0.1, 0.15) is 19.3 Å². The first-order valence-corrected chi connectivity index (χ1v) is 4.48. The van der Waals surface area contributed by atoms with Crippen molar-refractivity contribution in [2.24, 2.45) is 11.8 Å². The van der Waals surface area contributed by atoms with Crippen LogP contribution in [0.4, 0.5) is 0 Å². The Bertz CT molecular complexity index is 114. The highest BCUT2D eigenvalue weighted by molar-refractivity contribution is 4.76. The molecule has 1 aliphatic rings. The molecule has 0 spiro atoms. The number of hydrogen-bond acceptors (Lipinski definition) is 2. The topological polar surface area (TPSA) is 23.5 Å². The quantitative estimate of drug-likeness (QED) is 0.659. The van der Waals surface area contributed by atoms with Gasteiger partial charge in [-0.2, -0.15) is 0 Å². The molecule has 0 saturated heterocycles. The van der Waals surface area contributed by atoms with Crippen molar-refractivity contribution in [3.05, 3.63) is 0 Å². The van der Waals surface area contributed by atoms with Crippen molar-refractivity contribution >= 4 is 0 Å². The number of aliphatic hydroxyl groups is 1. The van der Waals surface area contributed by atoms with Crippen molar-refractivity contribution < 1.29 is 5.11 Å². The van der Waals surface area contributed by atoms with E-state index < -0.39 is 0 Å². The molecule has 2 atom stereocenters. The molecule has 0 unspecified atom stereocenters. The molecule has 0 aromatic rings. The molecule has 0 aromatic carbocycles. The number of hydrogen-bond donors (Lipinski definition) is 1. The maximum Gasteiger partial charge on any atom is 0.0459 e. The van der Waals surface area contributed by atoms with Gasteiger partial charge in [-0.1, -0.05) is 0 Å². The molecule has 11 heavy (non-hydrogen) atoms. The summed E-state index contributed by atoms with van der Waals surface area (Å²) in [5.41, 5.74) is 0. The van der Waals surface area contributed by atoms with Crippen LogP contribution < -0.4 is 0 Å². The van der Waals surface area contributed by atoms with Crippen molar-refractivity contribution in [3.63, 3.8) is 0 Å². The molecule has 0 amide bonds. The Balaban J connectivity index is 2.19. The first-order chi connectivity index (χ1) is 5.22. The highest BCUT2D eigenvalue weighted by atomic mass is 16.3. The zero-order chi connectivity index (χ0) is 8.27. The van der Waals surface area contributed by atoms with Gasteiger partial charge in [0.2, 0.25) is 0 Å². The van der Waals surface area contributed by atoms with Gasteiger partial charge < -0.3 is 10.0 Å². The zero-order valence-electron chi connectivity index (χ0n) is 7.58. The van der Waals surface area contributed by atoms with E-state index in [1.54, 1.807) is 0 Å². The Labute approximate surface area is 69.2 Å². The summed E-state index contributed by atoms with van der Waals surface area (Å²) in [6.07, 6.45) is 3.77. The van der Waals surface area contributed by atoms with Gasteiger partial charge in [-0.3, -0.25) is 0 Å². The number of aliphatic hydroxyl groups excluding tert-OH is 1. The van der Waals surface area contributed by atoms with Gasteiger partial charge in [0.05, 0.1) is 0 Å². The third-order valence-corrected chi connectivity index (χ3v) is 2.53. The molecule has 0 heterocycles. The molecule has 2 nitrogen and oxygen atoms in total. The summed E-state index contributed by atoms with van der Waals surface area (Å²) in [7, 11) is 4.23. The Morgan fingerprint density at radius 3 is 2.36 bits per heavy atom. The number of rotatable bonds is 3. The maximum absolute atomic E-state index is 8.90. The van der Waals surface area contributed by atoms with Crippen molar-refractivity contribution in [1.29, 1.82) is 0 Å². The Hall–Kier alpha value is -0.0800. The molecular formula is C9H19NO. The van der Waals surface area contributed by atoms with E-state index in [1.165, 1.54) is 25.8 Å². The van der Waals surface area contributed by atoms with Gasteiger partial charge in [0.1, 0.15) is 0 Å². The van der Waals surface area contributed by atoms with E-state index in [4.69, 9.17) is 5.11 Å². The third kappa shape index (κ3) is 2.80. The van der Waals surface area contributed by atoms with Gasteiger partial charge in [-0.25, -0.2) is 0 Å². The van der Waals surface area contributed by atoms with Crippen molar-refractivity contribution in [2.75, 3.05) is 27.2 Å². The predicted octanol–water partition coefficient (Wildman–Crippen LogP) is 0.957. The fourth-order valence-corrected chi connectivity index (χ4v) is 2.03. The monoisotopic (exact) mass is 157 g/mol. The van der Waals surface area contributed by atoms with E-state index >= 15 is 0 Å². The highest BCUT2D eigenvalue weighted by Crippen LogP contribution is 2.30. The summed E-state index contributed by atoms with van der Waals surface area (Å²) in [6, 6.07) is 0. The normalized spacial score (nSPS) is 31.6. The maximum atomic E-state index is 8.90. The molecule has 1 fully saturated rings. The van der Waals surface area contributed by atoms with Crippen LogP contribution in [0.25, 0.3) is 0 Å². The molecule has 0 bridgehead atoms. The summed E-state index contributed by atoms with van der Waals surface area (Å²) in [5.74, 6) is 1.43. The van der Waals surface area contributed by atoms with Crippen LogP contribution in [0.2, 0.25) is 0 Å². The molecule has 2 heteroatoms. The van der Waals surface area contributed by atoms with E-state index in [0.717, 1.165) is 5.92 Å².